The summed E-state index contributed by atoms with van der Waals surface area (Å²) in [5, 5.41) is 10.1. The molecule has 90 valence electrons. The molecule has 0 bridgehead atoms. The van der Waals surface area contributed by atoms with Gasteiger partial charge in [0.25, 0.3) is 0 Å². The highest BCUT2D eigenvalue weighted by Crippen LogP contribution is 2.32. The van der Waals surface area contributed by atoms with Crippen LogP contribution in [0.3, 0.4) is 0 Å². The Labute approximate surface area is 117 Å². The number of pyridine rings is 1. The van der Waals surface area contributed by atoms with Crippen LogP contribution >= 0.6 is 39.0 Å². The fourth-order valence-electron chi connectivity index (χ4n) is 1.09. The van der Waals surface area contributed by atoms with Crippen LogP contribution in [0.1, 0.15) is 5.69 Å². The van der Waals surface area contributed by atoms with Crippen LogP contribution in [0, 0.1) is 6.92 Å². The minimum absolute atomic E-state index is 0.904. The fraction of sp³-hybridized carbons (Fsp3) is 0.300. The standard InChI is InChI=1S/C10H11BrN4S2/c1-6-7(11)4-5-8(12-6)16-10-14-13-9(17-10)15(2)3/h4-5H,1-3H3. The van der Waals surface area contributed by atoms with Gasteiger partial charge in [0, 0.05) is 18.6 Å². The van der Waals surface area contributed by atoms with Gasteiger partial charge < -0.3 is 4.90 Å². The van der Waals surface area contributed by atoms with E-state index in [1.54, 1.807) is 11.3 Å². The first-order valence-electron chi connectivity index (χ1n) is 4.88. The van der Waals surface area contributed by atoms with Gasteiger partial charge in [0.15, 0.2) is 4.34 Å². The summed E-state index contributed by atoms with van der Waals surface area (Å²) in [6, 6.07) is 3.97. The zero-order valence-corrected chi connectivity index (χ0v) is 12.9. The van der Waals surface area contributed by atoms with E-state index in [1.807, 2.05) is 38.1 Å². The maximum absolute atomic E-state index is 4.46. The van der Waals surface area contributed by atoms with Gasteiger partial charge >= 0.3 is 0 Å². The van der Waals surface area contributed by atoms with Gasteiger partial charge in [0.1, 0.15) is 5.03 Å². The second-order valence-electron chi connectivity index (χ2n) is 3.56. The van der Waals surface area contributed by atoms with E-state index in [0.717, 1.165) is 24.7 Å². The molecule has 0 N–H and O–H groups in total. The van der Waals surface area contributed by atoms with Crippen molar-refractivity contribution in [2.45, 2.75) is 16.3 Å². The number of rotatable bonds is 3. The van der Waals surface area contributed by atoms with Gasteiger partial charge in [-0.2, -0.15) is 0 Å². The minimum Gasteiger partial charge on any atom is -0.353 e. The number of halogens is 1. The lowest BCUT2D eigenvalue weighted by molar-refractivity contribution is 0.968. The van der Waals surface area contributed by atoms with Crippen molar-refractivity contribution in [1.82, 2.24) is 15.2 Å². The third-order valence-corrected chi connectivity index (χ3v) is 4.88. The van der Waals surface area contributed by atoms with E-state index < -0.39 is 0 Å². The number of hydrogen-bond donors (Lipinski definition) is 0. The summed E-state index contributed by atoms with van der Waals surface area (Å²) in [6.07, 6.45) is 0. The molecule has 0 saturated carbocycles. The smallest absolute Gasteiger partial charge is 0.208 e. The van der Waals surface area contributed by atoms with E-state index >= 15 is 0 Å². The molecular formula is C10H11BrN4S2. The lowest BCUT2D eigenvalue weighted by Crippen LogP contribution is -2.07. The summed E-state index contributed by atoms with van der Waals surface area (Å²) in [5.41, 5.74) is 0.979. The Bertz CT molecular complexity index is 527. The Morgan fingerprint density at radius 3 is 2.65 bits per heavy atom. The van der Waals surface area contributed by atoms with Crippen LogP contribution in [-0.2, 0) is 0 Å². The van der Waals surface area contributed by atoms with Crippen molar-refractivity contribution >= 4 is 44.2 Å². The number of aryl methyl sites for hydroxylation is 1. The first-order chi connectivity index (χ1) is 8.06. The zero-order chi connectivity index (χ0) is 12.4. The average Bonchev–Trinajstić information content (AvgIpc) is 2.72. The Morgan fingerprint density at radius 1 is 1.29 bits per heavy atom. The molecule has 0 aliphatic rings. The van der Waals surface area contributed by atoms with Gasteiger partial charge in [0.05, 0.1) is 5.69 Å². The van der Waals surface area contributed by atoms with E-state index in [0.29, 0.717) is 0 Å². The van der Waals surface area contributed by atoms with Crippen molar-refractivity contribution in [3.05, 3.63) is 22.3 Å². The maximum Gasteiger partial charge on any atom is 0.208 e. The molecule has 0 unspecified atom stereocenters. The monoisotopic (exact) mass is 330 g/mol. The maximum atomic E-state index is 4.46. The predicted molar refractivity (Wildman–Crippen MR) is 75.0 cm³/mol. The molecule has 4 nitrogen and oxygen atoms in total. The molecule has 0 saturated heterocycles. The molecule has 0 spiro atoms. The third-order valence-electron chi connectivity index (χ3n) is 1.97. The summed E-state index contributed by atoms with van der Waals surface area (Å²) < 4.78 is 1.93. The SMILES string of the molecule is Cc1nc(Sc2nnc(N(C)C)s2)ccc1Br. The molecule has 0 fully saturated rings. The van der Waals surface area contributed by atoms with Crippen LogP contribution in [0.25, 0.3) is 0 Å². The van der Waals surface area contributed by atoms with Gasteiger partial charge in [-0.3, -0.25) is 0 Å². The second-order valence-corrected chi connectivity index (χ2v) is 6.64. The van der Waals surface area contributed by atoms with E-state index in [-0.39, 0.29) is 0 Å². The molecule has 0 aliphatic heterocycles. The van der Waals surface area contributed by atoms with Crippen LogP contribution in [0.2, 0.25) is 0 Å². The molecule has 2 aromatic heterocycles. The number of anilines is 1. The Hall–Kier alpha value is -0.660. The van der Waals surface area contributed by atoms with E-state index in [2.05, 4.69) is 31.1 Å². The predicted octanol–water partition coefficient (Wildman–Crippen LogP) is 3.22. The number of nitrogens with zero attached hydrogens (tertiary/aromatic N) is 4. The molecule has 17 heavy (non-hydrogen) atoms. The van der Waals surface area contributed by atoms with Crippen LogP contribution < -0.4 is 4.90 Å². The molecular weight excluding hydrogens is 320 g/mol. The molecule has 0 aromatic carbocycles. The van der Waals surface area contributed by atoms with Gasteiger partial charge in [-0.25, -0.2) is 4.98 Å². The highest BCUT2D eigenvalue weighted by atomic mass is 79.9. The van der Waals surface area contributed by atoms with E-state index in [4.69, 9.17) is 0 Å². The van der Waals surface area contributed by atoms with Gasteiger partial charge in [-0.15, -0.1) is 10.2 Å². The summed E-state index contributed by atoms with van der Waals surface area (Å²) in [6.45, 7) is 1.97. The first kappa shape index (κ1) is 12.8. The number of hydrogen-bond acceptors (Lipinski definition) is 6. The Morgan fingerprint density at radius 2 is 2.06 bits per heavy atom. The lowest BCUT2D eigenvalue weighted by Gasteiger charge is -2.03. The van der Waals surface area contributed by atoms with Crippen LogP contribution in [0.15, 0.2) is 26.0 Å². The first-order valence-corrected chi connectivity index (χ1v) is 7.30. The van der Waals surface area contributed by atoms with Gasteiger partial charge in [-0.05, 0) is 46.7 Å². The topological polar surface area (TPSA) is 41.9 Å². The van der Waals surface area contributed by atoms with Crippen molar-refractivity contribution < 1.29 is 0 Å². The molecule has 0 aliphatic carbocycles. The molecule has 7 heteroatoms. The molecule has 2 heterocycles. The summed E-state index contributed by atoms with van der Waals surface area (Å²) in [5.74, 6) is 0. The van der Waals surface area contributed by atoms with Crippen LogP contribution in [0.5, 0.6) is 0 Å². The highest BCUT2D eigenvalue weighted by Gasteiger charge is 2.08. The van der Waals surface area contributed by atoms with Crippen molar-refractivity contribution in [2.75, 3.05) is 19.0 Å². The Balaban J connectivity index is 2.16. The third kappa shape index (κ3) is 3.17. The number of aromatic nitrogens is 3. The lowest BCUT2D eigenvalue weighted by atomic mass is 10.4. The van der Waals surface area contributed by atoms with Crippen LogP contribution in [0.4, 0.5) is 5.13 Å². The largest absolute Gasteiger partial charge is 0.353 e. The average molecular weight is 331 g/mol. The molecule has 2 rings (SSSR count). The van der Waals surface area contributed by atoms with E-state index in [1.165, 1.54) is 11.8 Å². The quantitative estimate of drug-likeness (QED) is 0.864. The van der Waals surface area contributed by atoms with Crippen molar-refractivity contribution in [1.29, 1.82) is 0 Å². The minimum atomic E-state index is 0.904. The zero-order valence-electron chi connectivity index (χ0n) is 9.64. The summed E-state index contributed by atoms with van der Waals surface area (Å²) in [7, 11) is 3.91. The molecule has 2 aromatic rings. The van der Waals surface area contributed by atoms with Crippen LogP contribution in [-0.4, -0.2) is 29.3 Å². The molecule has 0 radical (unpaired) electrons. The normalized spacial score (nSPS) is 10.6. The van der Waals surface area contributed by atoms with Gasteiger partial charge in [0.2, 0.25) is 5.13 Å². The Kier molecular flexibility index (Phi) is 4.01. The van der Waals surface area contributed by atoms with E-state index in [9.17, 15) is 0 Å². The highest BCUT2D eigenvalue weighted by molar-refractivity contribution is 9.10. The fourth-order valence-corrected chi connectivity index (χ4v) is 3.04. The summed E-state index contributed by atoms with van der Waals surface area (Å²) >= 11 is 6.53. The summed E-state index contributed by atoms with van der Waals surface area (Å²) in [4.78, 5) is 6.41. The molecule has 0 atom stereocenters. The molecule has 0 amide bonds. The second kappa shape index (κ2) is 5.32. The van der Waals surface area contributed by atoms with Crippen molar-refractivity contribution in [2.24, 2.45) is 0 Å². The van der Waals surface area contributed by atoms with Gasteiger partial charge in [-0.1, -0.05) is 11.3 Å². The van der Waals surface area contributed by atoms with Crippen molar-refractivity contribution in [3.63, 3.8) is 0 Å². The van der Waals surface area contributed by atoms with Crippen molar-refractivity contribution in [3.8, 4) is 0 Å².